The van der Waals surface area contributed by atoms with E-state index < -0.39 is 12.3 Å². The Morgan fingerprint density at radius 3 is 2.59 bits per heavy atom. The van der Waals surface area contributed by atoms with Crippen molar-refractivity contribution < 1.29 is 27.8 Å². The topological polar surface area (TPSA) is 59.4 Å². The van der Waals surface area contributed by atoms with Crippen molar-refractivity contribution in [2.45, 2.75) is 12.8 Å². The van der Waals surface area contributed by atoms with E-state index in [2.05, 4.69) is 9.72 Å². The molecule has 0 aliphatic rings. The van der Waals surface area contributed by atoms with Gasteiger partial charge >= 0.3 is 12.3 Å². The van der Waals surface area contributed by atoms with Crippen molar-refractivity contribution in [2.24, 2.45) is 0 Å². The third kappa shape index (κ3) is 4.11. The molecule has 22 heavy (non-hydrogen) atoms. The molecule has 0 amide bonds. The smallest absolute Gasteiger partial charge is 0.481 e. The molecule has 0 unspecified atom stereocenters. The number of carbonyl (C=O) groups is 1. The number of nitrogens with zero attached hydrogens (tertiary/aromatic N) is 1. The summed E-state index contributed by atoms with van der Waals surface area (Å²) in [5.74, 6) is -1.50. The van der Waals surface area contributed by atoms with Crippen LogP contribution in [0.15, 0.2) is 36.5 Å². The van der Waals surface area contributed by atoms with E-state index in [4.69, 9.17) is 16.7 Å². The molecule has 116 valence electrons. The fraction of sp³-hybridized carbons (Fsp3) is 0.143. The van der Waals surface area contributed by atoms with Crippen LogP contribution in [0.5, 0.6) is 5.75 Å². The second-order valence-corrected chi connectivity index (χ2v) is 4.67. The molecule has 0 spiro atoms. The lowest BCUT2D eigenvalue weighted by Crippen LogP contribution is -2.17. The maximum atomic E-state index is 12.4. The van der Waals surface area contributed by atoms with E-state index in [9.17, 15) is 18.0 Å². The number of carboxylic acids is 1. The molecular weight excluding hydrogens is 323 g/mol. The zero-order valence-corrected chi connectivity index (χ0v) is 11.6. The van der Waals surface area contributed by atoms with Gasteiger partial charge in [0, 0.05) is 17.3 Å². The second-order valence-electron chi connectivity index (χ2n) is 4.27. The van der Waals surface area contributed by atoms with E-state index >= 15 is 0 Å². The molecule has 2 rings (SSSR count). The fourth-order valence-electron chi connectivity index (χ4n) is 1.81. The molecular formula is C14H9ClF3NO3. The Morgan fingerprint density at radius 1 is 1.32 bits per heavy atom. The molecule has 1 aromatic heterocycles. The van der Waals surface area contributed by atoms with Gasteiger partial charge in [0.05, 0.1) is 17.1 Å². The number of pyridine rings is 1. The van der Waals surface area contributed by atoms with Gasteiger partial charge in [0.1, 0.15) is 5.75 Å². The number of hydrogen-bond donors (Lipinski definition) is 1. The Bertz CT molecular complexity index is 704. The Labute approximate surface area is 128 Å². The van der Waals surface area contributed by atoms with Gasteiger partial charge in [-0.2, -0.15) is 0 Å². The number of para-hydroxylation sites is 1. The Kier molecular flexibility index (Phi) is 4.56. The van der Waals surface area contributed by atoms with Gasteiger partial charge in [-0.15, -0.1) is 13.2 Å². The minimum atomic E-state index is -4.82. The highest BCUT2D eigenvalue weighted by Gasteiger charge is 2.32. The van der Waals surface area contributed by atoms with Crippen LogP contribution in [-0.4, -0.2) is 22.4 Å². The third-order valence-corrected chi connectivity index (χ3v) is 2.99. The summed E-state index contributed by atoms with van der Waals surface area (Å²) in [4.78, 5) is 14.5. The standard InChI is InChI=1S/C14H9ClF3NO3/c15-10-5-8(7-19-11(10)6-13(20)21)9-3-1-2-4-12(9)22-14(16,17)18/h1-5,7H,6H2,(H,20,21). The molecule has 2 aromatic rings. The third-order valence-electron chi connectivity index (χ3n) is 2.66. The molecule has 0 bridgehead atoms. The van der Waals surface area contributed by atoms with Crippen LogP contribution in [0, 0.1) is 0 Å². The minimum Gasteiger partial charge on any atom is -0.481 e. The van der Waals surface area contributed by atoms with E-state index in [1.165, 1.54) is 36.5 Å². The molecule has 0 atom stereocenters. The summed E-state index contributed by atoms with van der Waals surface area (Å²) in [6.45, 7) is 0. The molecule has 1 N–H and O–H groups in total. The Morgan fingerprint density at radius 2 is 2.00 bits per heavy atom. The summed E-state index contributed by atoms with van der Waals surface area (Å²) in [6.07, 6.45) is -3.95. The molecule has 0 fully saturated rings. The van der Waals surface area contributed by atoms with E-state index in [1.807, 2.05) is 0 Å². The van der Waals surface area contributed by atoms with Crippen molar-refractivity contribution in [3.05, 3.63) is 47.2 Å². The van der Waals surface area contributed by atoms with Gasteiger partial charge in [0.25, 0.3) is 0 Å². The number of rotatable bonds is 4. The number of carboxylic acid groups (broad SMARTS) is 1. The summed E-state index contributed by atoms with van der Waals surface area (Å²) in [6, 6.07) is 6.88. The number of benzene rings is 1. The van der Waals surface area contributed by atoms with Crippen LogP contribution in [0.3, 0.4) is 0 Å². The van der Waals surface area contributed by atoms with Crippen molar-refractivity contribution in [1.82, 2.24) is 4.98 Å². The van der Waals surface area contributed by atoms with E-state index in [0.717, 1.165) is 0 Å². The Hall–Kier alpha value is -2.28. The fourth-order valence-corrected chi connectivity index (χ4v) is 2.04. The lowest BCUT2D eigenvalue weighted by atomic mass is 10.1. The highest BCUT2D eigenvalue weighted by atomic mass is 35.5. The van der Waals surface area contributed by atoms with Crippen LogP contribution in [-0.2, 0) is 11.2 Å². The van der Waals surface area contributed by atoms with Gasteiger partial charge in [-0.1, -0.05) is 29.8 Å². The predicted molar refractivity (Wildman–Crippen MR) is 72.7 cm³/mol. The normalized spacial score (nSPS) is 11.3. The van der Waals surface area contributed by atoms with Gasteiger partial charge in [-0.25, -0.2) is 0 Å². The minimum absolute atomic E-state index is 0.0571. The molecule has 1 heterocycles. The zero-order valence-electron chi connectivity index (χ0n) is 10.9. The average molecular weight is 332 g/mol. The molecule has 0 aliphatic heterocycles. The second kappa shape index (κ2) is 6.23. The number of aliphatic carboxylic acids is 1. The maximum Gasteiger partial charge on any atom is 0.573 e. The molecule has 4 nitrogen and oxygen atoms in total. The van der Waals surface area contributed by atoms with Gasteiger partial charge in [-0.05, 0) is 12.1 Å². The number of aromatic nitrogens is 1. The van der Waals surface area contributed by atoms with Crippen molar-refractivity contribution >= 4 is 17.6 Å². The highest BCUT2D eigenvalue weighted by molar-refractivity contribution is 6.31. The van der Waals surface area contributed by atoms with Gasteiger partial charge in [0.2, 0.25) is 0 Å². The molecule has 0 saturated heterocycles. The first kappa shape index (κ1) is 16.1. The zero-order chi connectivity index (χ0) is 16.3. The summed E-state index contributed by atoms with van der Waals surface area (Å²) in [7, 11) is 0. The average Bonchev–Trinajstić information content (AvgIpc) is 2.39. The predicted octanol–water partition coefficient (Wildman–Crippen LogP) is 3.93. The first-order chi connectivity index (χ1) is 10.3. The van der Waals surface area contributed by atoms with Crippen molar-refractivity contribution in [3.8, 4) is 16.9 Å². The summed E-state index contributed by atoms with van der Waals surface area (Å²) >= 11 is 5.92. The molecule has 0 saturated carbocycles. The summed E-state index contributed by atoms with van der Waals surface area (Å²) in [5.41, 5.74) is 0.572. The first-order valence-corrected chi connectivity index (χ1v) is 6.35. The van der Waals surface area contributed by atoms with Gasteiger partial charge < -0.3 is 9.84 Å². The summed E-state index contributed by atoms with van der Waals surface area (Å²) in [5, 5.41) is 8.76. The van der Waals surface area contributed by atoms with Gasteiger partial charge in [0.15, 0.2) is 0 Å². The van der Waals surface area contributed by atoms with Crippen molar-refractivity contribution in [1.29, 1.82) is 0 Å². The molecule has 1 aromatic carbocycles. The number of halogens is 4. The van der Waals surface area contributed by atoms with Crippen molar-refractivity contribution in [3.63, 3.8) is 0 Å². The van der Waals surface area contributed by atoms with Gasteiger partial charge in [-0.3, -0.25) is 9.78 Å². The maximum absolute atomic E-state index is 12.4. The highest BCUT2D eigenvalue weighted by Crippen LogP contribution is 2.34. The number of hydrogen-bond acceptors (Lipinski definition) is 3. The largest absolute Gasteiger partial charge is 0.573 e. The first-order valence-electron chi connectivity index (χ1n) is 5.97. The van der Waals surface area contributed by atoms with E-state index in [1.54, 1.807) is 0 Å². The molecule has 0 aliphatic carbocycles. The van der Waals surface area contributed by atoms with E-state index in [0.29, 0.717) is 5.56 Å². The van der Waals surface area contributed by atoms with Crippen LogP contribution in [0.25, 0.3) is 11.1 Å². The van der Waals surface area contributed by atoms with Crippen LogP contribution in [0.1, 0.15) is 5.69 Å². The lowest BCUT2D eigenvalue weighted by Gasteiger charge is -2.13. The quantitative estimate of drug-likeness (QED) is 0.922. The summed E-state index contributed by atoms with van der Waals surface area (Å²) < 4.78 is 41.1. The van der Waals surface area contributed by atoms with Crippen LogP contribution >= 0.6 is 11.6 Å². The van der Waals surface area contributed by atoms with Crippen LogP contribution in [0.2, 0.25) is 5.02 Å². The molecule has 8 heteroatoms. The van der Waals surface area contributed by atoms with Crippen molar-refractivity contribution in [2.75, 3.05) is 0 Å². The van der Waals surface area contributed by atoms with E-state index in [-0.39, 0.29) is 28.5 Å². The van der Waals surface area contributed by atoms with Crippen LogP contribution < -0.4 is 4.74 Å². The van der Waals surface area contributed by atoms with Crippen LogP contribution in [0.4, 0.5) is 13.2 Å². The SMILES string of the molecule is O=C(O)Cc1ncc(-c2ccccc2OC(F)(F)F)cc1Cl. The number of ether oxygens (including phenoxy) is 1. The molecule has 0 radical (unpaired) electrons. The lowest BCUT2D eigenvalue weighted by molar-refractivity contribution is -0.274. The Balaban J connectivity index is 2.40. The monoisotopic (exact) mass is 331 g/mol. The number of alkyl halides is 3.